The van der Waals surface area contributed by atoms with Gasteiger partial charge < -0.3 is 9.64 Å². The van der Waals surface area contributed by atoms with Gasteiger partial charge in [-0.25, -0.2) is 0 Å². The molecule has 1 aromatic rings. The van der Waals surface area contributed by atoms with Crippen LogP contribution < -0.4 is 4.74 Å². The molecular formula is C19H26ClN3O2. The van der Waals surface area contributed by atoms with Crippen LogP contribution in [0.25, 0.3) is 0 Å². The van der Waals surface area contributed by atoms with Gasteiger partial charge in [-0.1, -0.05) is 25.4 Å². The molecule has 5 nitrogen and oxygen atoms in total. The third-order valence-electron chi connectivity index (χ3n) is 4.46. The van der Waals surface area contributed by atoms with Crippen LogP contribution in [-0.2, 0) is 4.79 Å². The van der Waals surface area contributed by atoms with Gasteiger partial charge in [-0.15, -0.1) is 0 Å². The van der Waals surface area contributed by atoms with Crippen molar-refractivity contribution in [3.05, 3.63) is 29.3 Å². The first-order valence-electron chi connectivity index (χ1n) is 8.62. The van der Waals surface area contributed by atoms with E-state index in [4.69, 9.17) is 16.3 Å². The Kier molecular flexibility index (Phi) is 6.31. The van der Waals surface area contributed by atoms with Gasteiger partial charge in [-0.05, 0) is 44.0 Å². The normalized spacial score (nSPS) is 17.2. The number of benzene rings is 1. The number of amides is 1. The summed E-state index contributed by atoms with van der Waals surface area (Å²) < 4.78 is 5.89. The second-order valence-electron chi connectivity index (χ2n) is 7.21. The molecule has 0 saturated carbocycles. The summed E-state index contributed by atoms with van der Waals surface area (Å²) in [7, 11) is 0. The Morgan fingerprint density at radius 3 is 2.24 bits per heavy atom. The Morgan fingerprint density at radius 1 is 1.20 bits per heavy atom. The lowest BCUT2D eigenvalue weighted by Crippen LogP contribution is -2.57. The summed E-state index contributed by atoms with van der Waals surface area (Å²) in [6, 6.07) is 9.27. The van der Waals surface area contributed by atoms with E-state index in [1.54, 1.807) is 38.1 Å². The maximum atomic E-state index is 12.9. The van der Waals surface area contributed by atoms with Gasteiger partial charge in [-0.3, -0.25) is 9.69 Å². The molecule has 1 unspecified atom stereocenters. The molecule has 1 aromatic carbocycles. The molecule has 0 spiro atoms. The minimum atomic E-state index is -0.956. The van der Waals surface area contributed by atoms with Crippen LogP contribution in [0.2, 0.25) is 5.02 Å². The lowest BCUT2D eigenvalue weighted by molar-refractivity contribution is -0.147. The molecular weight excluding hydrogens is 338 g/mol. The zero-order chi connectivity index (χ0) is 18.6. The maximum Gasteiger partial charge on any atom is 0.266 e. The number of nitriles is 1. The van der Waals surface area contributed by atoms with Crippen LogP contribution in [-0.4, -0.2) is 53.5 Å². The van der Waals surface area contributed by atoms with Crippen molar-refractivity contribution in [1.29, 1.82) is 5.26 Å². The molecule has 0 N–H and O–H groups in total. The fraction of sp³-hybridized carbons (Fsp3) is 0.579. The van der Waals surface area contributed by atoms with E-state index in [1.807, 2.05) is 4.90 Å². The van der Waals surface area contributed by atoms with Crippen molar-refractivity contribution in [1.82, 2.24) is 9.80 Å². The van der Waals surface area contributed by atoms with Crippen LogP contribution in [0.3, 0.4) is 0 Å². The van der Waals surface area contributed by atoms with E-state index in [2.05, 4.69) is 24.8 Å². The topological polar surface area (TPSA) is 56.6 Å². The average Bonchev–Trinajstić information content (AvgIpc) is 2.57. The molecule has 1 aliphatic heterocycles. The second kappa shape index (κ2) is 8.07. The van der Waals surface area contributed by atoms with Crippen molar-refractivity contribution in [2.75, 3.05) is 26.2 Å². The Morgan fingerprint density at radius 2 is 1.76 bits per heavy atom. The summed E-state index contributed by atoms with van der Waals surface area (Å²) in [5.74, 6) is 0.850. The van der Waals surface area contributed by atoms with E-state index in [9.17, 15) is 10.1 Å². The van der Waals surface area contributed by atoms with Crippen molar-refractivity contribution in [3.8, 4) is 11.8 Å². The van der Waals surface area contributed by atoms with Crippen molar-refractivity contribution in [3.63, 3.8) is 0 Å². The van der Waals surface area contributed by atoms with E-state index in [-0.39, 0.29) is 17.9 Å². The number of carbonyl (C=O) groups is 1. The number of nitrogens with zero attached hydrogens (tertiary/aromatic N) is 3. The number of hydrogen-bond acceptors (Lipinski definition) is 4. The highest BCUT2D eigenvalue weighted by atomic mass is 35.5. The molecule has 1 saturated heterocycles. The predicted octanol–water partition coefficient (Wildman–Crippen LogP) is 3.19. The first kappa shape index (κ1) is 19.6. The highest BCUT2D eigenvalue weighted by Crippen LogP contribution is 2.23. The summed E-state index contributed by atoms with van der Waals surface area (Å²) in [6.07, 6.45) is 0. The molecule has 1 amide bonds. The summed E-state index contributed by atoms with van der Waals surface area (Å²) in [6.45, 7) is 10.3. The molecule has 1 heterocycles. The van der Waals surface area contributed by atoms with Crippen LogP contribution in [0.5, 0.6) is 5.75 Å². The van der Waals surface area contributed by atoms with Gasteiger partial charge in [-0.2, -0.15) is 5.26 Å². The SMILES string of the molecule is CC(C)C(C#N)N1CCN(C(=O)C(C)(C)Oc2ccc(Cl)cc2)CC1. The number of halogens is 1. The van der Waals surface area contributed by atoms with Gasteiger partial charge in [0.2, 0.25) is 0 Å². The van der Waals surface area contributed by atoms with Gasteiger partial charge in [0.25, 0.3) is 5.91 Å². The molecule has 2 rings (SSSR count). The van der Waals surface area contributed by atoms with Gasteiger partial charge in [0.15, 0.2) is 5.60 Å². The number of carbonyl (C=O) groups excluding carboxylic acids is 1. The van der Waals surface area contributed by atoms with E-state index < -0.39 is 5.60 Å². The van der Waals surface area contributed by atoms with Crippen molar-refractivity contribution >= 4 is 17.5 Å². The molecule has 0 radical (unpaired) electrons. The molecule has 25 heavy (non-hydrogen) atoms. The number of hydrogen-bond donors (Lipinski definition) is 0. The molecule has 0 bridgehead atoms. The minimum absolute atomic E-state index is 0.0415. The summed E-state index contributed by atoms with van der Waals surface area (Å²) in [4.78, 5) is 16.8. The van der Waals surface area contributed by atoms with Gasteiger partial charge >= 0.3 is 0 Å². The van der Waals surface area contributed by atoms with E-state index in [0.717, 1.165) is 0 Å². The third-order valence-corrected chi connectivity index (χ3v) is 4.71. The van der Waals surface area contributed by atoms with Crippen LogP contribution >= 0.6 is 11.6 Å². The smallest absolute Gasteiger partial charge is 0.266 e. The molecule has 0 aromatic heterocycles. The van der Waals surface area contributed by atoms with Gasteiger partial charge in [0, 0.05) is 31.2 Å². The summed E-state index contributed by atoms with van der Waals surface area (Å²) >= 11 is 5.88. The number of piperazine rings is 1. The lowest BCUT2D eigenvalue weighted by Gasteiger charge is -2.40. The average molecular weight is 364 g/mol. The number of ether oxygens (including phenoxy) is 1. The number of rotatable bonds is 5. The Labute approximate surface area is 155 Å². The largest absolute Gasteiger partial charge is 0.478 e. The molecule has 6 heteroatoms. The highest BCUT2D eigenvalue weighted by molar-refractivity contribution is 6.30. The van der Waals surface area contributed by atoms with Crippen molar-refractivity contribution in [2.45, 2.75) is 39.3 Å². The lowest BCUT2D eigenvalue weighted by atomic mass is 10.0. The van der Waals surface area contributed by atoms with Crippen LogP contribution in [0.4, 0.5) is 0 Å². The standard InChI is InChI=1S/C19H26ClN3O2/c1-14(2)17(13-21)22-9-11-23(12-10-22)18(24)19(3,4)25-16-7-5-15(20)6-8-16/h5-8,14,17H,9-12H2,1-4H3. The zero-order valence-corrected chi connectivity index (χ0v) is 16.1. The van der Waals surface area contributed by atoms with E-state index in [1.165, 1.54) is 0 Å². The molecule has 1 aliphatic rings. The summed E-state index contributed by atoms with van der Waals surface area (Å²) in [5.41, 5.74) is -0.956. The van der Waals surface area contributed by atoms with Crippen LogP contribution in [0.15, 0.2) is 24.3 Å². The first-order valence-corrected chi connectivity index (χ1v) is 9.00. The Bertz CT molecular complexity index is 629. The predicted molar refractivity (Wildman–Crippen MR) is 98.6 cm³/mol. The van der Waals surface area contributed by atoms with Gasteiger partial charge in [0.05, 0.1) is 6.07 Å². The van der Waals surface area contributed by atoms with Gasteiger partial charge in [0.1, 0.15) is 11.8 Å². The summed E-state index contributed by atoms with van der Waals surface area (Å²) in [5, 5.41) is 9.96. The maximum absolute atomic E-state index is 12.9. The van der Waals surface area contributed by atoms with Crippen LogP contribution in [0, 0.1) is 17.2 Å². The quantitative estimate of drug-likeness (QED) is 0.806. The second-order valence-corrected chi connectivity index (χ2v) is 7.65. The van der Waals surface area contributed by atoms with Crippen molar-refractivity contribution in [2.24, 2.45) is 5.92 Å². The minimum Gasteiger partial charge on any atom is -0.478 e. The third kappa shape index (κ3) is 4.87. The molecule has 1 fully saturated rings. The fourth-order valence-corrected chi connectivity index (χ4v) is 3.20. The van der Waals surface area contributed by atoms with Crippen molar-refractivity contribution < 1.29 is 9.53 Å². The molecule has 0 aliphatic carbocycles. The Balaban J connectivity index is 1.96. The molecule has 1 atom stereocenters. The Hall–Kier alpha value is -1.77. The van der Waals surface area contributed by atoms with E-state index in [0.29, 0.717) is 37.0 Å². The zero-order valence-electron chi connectivity index (χ0n) is 15.3. The fourth-order valence-electron chi connectivity index (χ4n) is 3.08. The first-order chi connectivity index (χ1) is 11.7. The monoisotopic (exact) mass is 363 g/mol. The molecule has 136 valence electrons. The van der Waals surface area contributed by atoms with E-state index >= 15 is 0 Å². The highest BCUT2D eigenvalue weighted by Gasteiger charge is 2.36. The van der Waals surface area contributed by atoms with Crippen LogP contribution in [0.1, 0.15) is 27.7 Å².